The van der Waals surface area contributed by atoms with Crippen LogP contribution >= 0.6 is 15.9 Å². The molecule has 47 heavy (non-hydrogen) atoms. The molecule has 12 nitrogen and oxygen atoms in total. The molecule has 4 aromatic rings. The molecule has 1 unspecified atom stereocenters. The highest BCUT2D eigenvalue weighted by Gasteiger charge is 2.67. The summed E-state index contributed by atoms with van der Waals surface area (Å²) >= 11 is 3.45. The number of Topliss-reactive ketones (excluding diaryl/α,β-unsaturated/α-hetero) is 1. The highest BCUT2D eigenvalue weighted by Crippen LogP contribution is 2.60. The smallest absolute Gasteiger partial charge is 0.248 e. The van der Waals surface area contributed by atoms with Crippen molar-refractivity contribution < 1.29 is 19.1 Å². The number of anilines is 1. The second-order valence-electron chi connectivity index (χ2n) is 13.0. The number of fused-ring (bicyclic) bond motifs is 3. The van der Waals surface area contributed by atoms with Gasteiger partial charge in [0.2, 0.25) is 11.8 Å². The first-order valence-corrected chi connectivity index (χ1v) is 17.0. The fraction of sp³-hybridized carbons (Fsp3) is 0.471. The monoisotopic (exact) mass is 700 g/mol. The molecule has 1 saturated carbocycles. The minimum absolute atomic E-state index is 0.114. The third kappa shape index (κ3) is 6.30. The van der Waals surface area contributed by atoms with Gasteiger partial charge in [-0.2, -0.15) is 5.10 Å². The van der Waals surface area contributed by atoms with Gasteiger partial charge in [-0.05, 0) is 72.7 Å². The van der Waals surface area contributed by atoms with Gasteiger partial charge < -0.3 is 15.0 Å². The number of aryl methyl sites for hydroxylation is 2. The molecule has 0 radical (unpaired) electrons. The van der Waals surface area contributed by atoms with Gasteiger partial charge in [0.05, 0.1) is 24.0 Å². The molecular weight excluding hydrogens is 664 g/mol. The summed E-state index contributed by atoms with van der Waals surface area (Å²) in [5.41, 5.74) is 2.83. The standard InChI is InChI=1S/C34H37BrN8O4/c1-20(44)31-24-12-25(23-15-36-21(2)37-16-23)38-17-27(24)42(41-31)18-30(45)43-26-13-34(14-28(34)43)19-47-11-7-5-3-4-6-8-22-9-10-29(35)39-32(22)40-33(26)46/h9-10,12,15-17,26,28H,3-8,11,13-14,18-19H2,1-2H3,(H,39,40,46)/t26-,28?,34-/m0/s1. The highest BCUT2D eigenvalue weighted by atomic mass is 79.9. The number of pyridine rings is 2. The number of carbonyl (C=O) groups is 3. The van der Waals surface area contributed by atoms with E-state index < -0.39 is 6.04 Å². The molecule has 2 amide bonds. The summed E-state index contributed by atoms with van der Waals surface area (Å²) in [6.45, 7) is 4.30. The van der Waals surface area contributed by atoms with E-state index in [1.54, 1.807) is 36.5 Å². The lowest BCUT2D eigenvalue weighted by molar-refractivity contribution is -0.138. The van der Waals surface area contributed by atoms with E-state index in [4.69, 9.17) is 4.74 Å². The second kappa shape index (κ2) is 12.8. The van der Waals surface area contributed by atoms with Crippen molar-refractivity contribution in [1.82, 2.24) is 34.6 Å². The van der Waals surface area contributed by atoms with Crippen molar-refractivity contribution in [3.8, 4) is 11.3 Å². The maximum absolute atomic E-state index is 14.2. The van der Waals surface area contributed by atoms with Gasteiger partial charge in [0.25, 0.3) is 0 Å². The van der Waals surface area contributed by atoms with E-state index in [-0.39, 0.29) is 41.3 Å². The number of likely N-dealkylation sites (tertiary alicyclic amines) is 1. The molecule has 1 saturated heterocycles. The first kappa shape index (κ1) is 31.5. The Kier molecular flexibility index (Phi) is 8.60. The summed E-state index contributed by atoms with van der Waals surface area (Å²) in [4.78, 5) is 60.3. The van der Waals surface area contributed by atoms with Gasteiger partial charge in [-0.3, -0.25) is 24.0 Å². The normalized spacial score (nSPS) is 23.2. The molecule has 3 aliphatic rings. The molecule has 4 aromatic heterocycles. The average Bonchev–Trinajstić information content (AvgIpc) is 3.46. The topological polar surface area (TPSA) is 145 Å². The van der Waals surface area contributed by atoms with Crippen molar-refractivity contribution in [2.45, 2.75) is 83.8 Å². The third-order valence-corrected chi connectivity index (χ3v) is 10.1. The Bertz CT molecular complexity index is 1860. The van der Waals surface area contributed by atoms with E-state index in [9.17, 15) is 14.4 Å². The Hall–Kier alpha value is -4.10. The number of rotatable bonds is 4. The number of ether oxygens (including phenoxy) is 1. The molecule has 2 bridgehead atoms. The summed E-state index contributed by atoms with van der Waals surface area (Å²) in [6, 6.07) is 4.87. The summed E-state index contributed by atoms with van der Waals surface area (Å²) in [7, 11) is 0. The number of carbonyl (C=O) groups excluding carboxylic acids is 3. The Balaban J connectivity index is 1.19. The first-order valence-electron chi connectivity index (χ1n) is 16.2. The molecule has 2 aliphatic heterocycles. The lowest BCUT2D eigenvalue weighted by Gasteiger charge is -2.27. The van der Waals surface area contributed by atoms with Crippen LogP contribution < -0.4 is 5.32 Å². The Morgan fingerprint density at radius 2 is 1.85 bits per heavy atom. The zero-order valence-corrected chi connectivity index (χ0v) is 28.1. The van der Waals surface area contributed by atoms with Gasteiger partial charge in [-0.25, -0.2) is 15.0 Å². The van der Waals surface area contributed by atoms with Crippen molar-refractivity contribution in [1.29, 1.82) is 0 Å². The number of aromatic nitrogens is 6. The van der Waals surface area contributed by atoms with E-state index in [2.05, 4.69) is 46.3 Å². The van der Waals surface area contributed by atoms with Crippen LogP contribution in [0.4, 0.5) is 5.82 Å². The highest BCUT2D eigenvalue weighted by molar-refractivity contribution is 9.10. The number of nitrogens with zero attached hydrogens (tertiary/aromatic N) is 7. The fourth-order valence-corrected chi connectivity index (χ4v) is 7.37. The molecule has 244 valence electrons. The van der Waals surface area contributed by atoms with Crippen LogP contribution in [0.3, 0.4) is 0 Å². The zero-order valence-electron chi connectivity index (χ0n) is 26.5. The largest absolute Gasteiger partial charge is 0.381 e. The van der Waals surface area contributed by atoms with Crippen molar-refractivity contribution in [3.63, 3.8) is 0 Å². The molecule has 3 atom stereocenters. The van der Waals surface area contributed by atoms with Crippen LogP contribution in [-0.2, 0) is 27.3 Å². The van der Waals surface area contributed by atoms with Crippen molar-refractivity contribution in [2.24, 2.45) is 5.41 Å². The number of ketones is 1. The zero-order chi connectivity index (χ0) is 32.7. The van der Waals surface area contributed by atoms with Gasteiger partial charge in [0.15, 0.2) is 5.78 Å². The predicted molar refractivity (Wildman–Crippen MR) is 178 cm³/mol. The second-order valence-corrected chi connectivity index (χ2v) is 13.8. The fourth-order valence-electron chi connectivity index (χ4n) is 7.06. The van der Waals surface area contributed by atoms with Crippen molar-refractivity contribution in [3.05, 3.63) is 58.5 Å². The molecule has 6 heterocycles. The van der Waals surface area contributed by atoms with Crippen molar-refractivity contribution >= 4 is 50.2 Å². The van der Waals surface area contributed by atoms with E-state index in [1.165, 1.54) is 11.6 Å². The van der Waals surface area contributed by atoms with Gasteiger partial charge in [-0.1, -0.05) is 25.3 Å². The minimum atomic E-state index is -0.688. The van der Waals surface area contributed by atoms with Crippen LogP contribution in [0.1, 0.15) is 73.7 Å². The van der Waals surface area contributed by atoms with Crippen LogP contribution in [0.15, 0.2) is 41.4 Å². The van der Waals surface area contributed by atoms with Gasteiger partial charge in [0.1, 0.15) is 34.5 Å². The SMILES string of the molecule is CC(=O)c1nn(CC(=O)N2C3C[C@@]34COCCCCCCCc3ccc(Br)nc3NC(=O)[C@@H]2C4)c2cnc(-c3cnc(C)nc3)cc12. The summed E-state index contributed by atoms with van der Waals surface area (Å²) < 4.78 is 8.30. The number of amides is 2. The Morgan fingerprint density at radius 1 is 1.06 bits per heavy atom. The van der Waals surface area contributed by atoms with Gasteiger partial charge in [0, 0.05) is 48.3 Å². The predicted octanol–water partition coefficient (Wildman–Crippen LogP) is 5.08. The lowest BCUT2D eigenvalue weighted by atomic mass is 9.99. The van der Waals surface area contributed by atoms with Crippen LogP contribution in [0.2, 0.25) is 0 Å². The van der Waals surface area contributed by atoms with E-state index >= 15 is 0 Å². The number of halogens is 1. The molecule has 13 heteroatoms. The third-order valence-electron chi connectivity index (χ3n) is 9.65. The molecular formula is C34H37BrN8O4. The Labute approximate surface area is 280 Å². The molecule has 1 aliphatic carbocycles. The quantitative estimate of drug-likeness (QED) is 0.228. The molecule has 2 fully saturated rings. The van der Waals surface area contributed by atoms with Crippen LogP contribution in [0.25, 0.3) is 22.2 Å². The molecule has 0 aromatic carbocycles. The average molecular weight is 702 g/mol. The van der Waals surface area contributed by atoms with Crippen LogP contribution in [0.5, 0.6) is 0 Å². The number of piperidine rings is 1. The number of nitrogens with one attached hydrogen (secondary N) is 1. The van der Waals surface area contributed by atoms with Crippen molar-refractivity contribution in [2.75, 3.05) is 18.5 Å². The van der Waals surface area contributed by atoms with Gasteiger partial charge >= 0.3 is 0 Å². The molecule has 7 rings (SSSR count). The molecule has 1 N–H and O–H groups in total. The van der Waals surface area contributed by atoms with Gasteiger partial charge in [-0.15, -0.1) is 0 Å². The van der Waals surface area contributed by atoms with E-state index in [1.807, 2.05) is 12.1 Å². The number of hydrogen-bond donors (Lipinski definition) is 1. The molecule has 1 spiro atoms. The number of hydrogen-bond acceptors (Lipinski definition) is 9. The summed E-state index contributed by atoms with van der Waals surface area (Å²) in [5.74, 6) is 0.440. The maximum atomic E-state index is 14.2. The van der Waals surface area contributed by atoms with Crippen LogP contribution in [0, 0.1) is 12.3 Å². The van der Waals surface area contributed by atoms with E-state index in [0.717, 1.165) is 50.5 Å². The summed E-state index contributed by atoms with van der Waals surface area (Å²) in [5, 5.41) is 8.23. The van der Waals surface area contributed by atoms with Crippen LogP contribution in [-0.4, -0.2) is 77.5 Å². The minimum Gasteiger partial charge on any atom is -0.381 e. The first-order chi connectivity index (χ1) is 22.7. The summed E-state index contributed by atoms with van der Waals surface area (Å²) in [6.07, 6.45) is 12.4. The van der Waals surface area contributed by atoms with E-state index in [0.29, 0.717) is 58.0 Å². The Morgan fingerprint density at radius 3 is 2.66 bits per heavy atom. The lowest BCUT2D eigenvalue weighted by Crippen LogP contribution is -2.47. The maximum Gasteiger partial charge on any atom is 0.248 e.